The highest BCUT2D eigenvalue weighted by Gasteiger charge is 2.10. The van der Waals surface area contributed by atoms with Gasteiger partial charge in [-0.15, -0.1) is 0 Å². The second-order valence-corrected chi connectivity index (χ2v) is 4.99. The van der Waals surface area contributed by atoms with Crippen molar-refractivity contribution in [3.8, 4) is 0 Å². The van der Waals surface area contributed by atoms with Gasteiger partial charge in [-0.05, 0) is 18.6 Å². The third kappa shape index (κ3) is 4.33. The molecule has 16 heavy (non-hydrogen) atoms. The van der Waals surface area contributed by atoms with Crippen LogP contribution in [0.5, 0.6) is 0 Å². The predicted molar refractivity (Wildman–Crippen MR) is 64.8 cm³/mol. The van der Waals surface area contributed by atoms with Gasteiger partial charge in [-0.25, -0.2) is 0 Å². The SMILES string of the molecule is CCOC(=O)CS(=O)Cc1ccccc1Cl. The first-order chi connectivity index (χ1) is 7.63. The molecule has 0 amide bonds. The van der Waals surface area contributed by atoms with Crippen LogP contribution in [0.4, 0.5) is 0 Å². The summed E-state index contributed by atoms with van der Waals surface area (Å²) in [6, 6.07) is 7.16. The quantitative estimate of drug-likeness (QED) is 0.762. The van der Waals surface area contributed by atoms with Gasteiger partial charge in [-0.3, -0.25) is 9.00 Å². The van der Waals surface area contributed by atoms with Crippen LogP contribution in [0.2, 0.25) is 5.02 Å². The monoisotopic (exact) mass is 260 g/mol. The maximum absolute atomic E-state index is 11.6. The summed E-state index contributed by atoms with van der Waals surface area (Å²) in [5.41, 5.74) is 0.784. The molecule has 5 heteroatoms. The van der Waals surface area contributed by atoms with Crippen LogP contribution in [-0.4, -0.2) is 22.5 Å². The first-order valence-electron chi connectivity index (χ1n) is 4.87. The highest BCUT2D eigenvalue weighted by molar-refractivity contribution is 7.84. The van der Waals surface area contributed by atoms with Gasteiger partial charge in [0.2, 0.25) is 0 Å². The molecule has 0 radical (unpaired) electrons. The fourth-order valence-corrected chi connectivity index (χ4v) is 2.50. The standard InChI is InChI=1S/C11H13ClO3S/c1-2-15-11(13)8-16(14)7-9-5-3-4-6-10(9)12/h3-6H,2,7-8H2,1H3. The van der Waals surface area contributed by atoms with Crippen LogP contribution in [0, 0.1) is 0 Å². The fourth-order valence-electron chi connectivity index (χ4n) is 1.17. The largest absolute Gasteiger partial charge is 0.465 e. The van der Waals surface area contributed by atoms with Crippen molar-refractivity contribution in [3.05, 3.63) is 34.9 Å². The molecular weight excluding hydrogens is 248 g/mol. The zero-order chi connectivity index (χ0) is 12.0. The van der Waals surface area contributed by atoms with Gasteiger partial charge in [0.25, 0.3) is 0 Å². The van der Waals surface area contributed by atoms with E-state index in [2.05, 4.69) is 0 Å². The van der Waals surface area contributed by atoms with Crippen molar-refractivity contribution in [2.24, 2.45) is 0 Å². The first kappa shape index (κ1) is 13.2. The van der Waals surface area contributed by atoms with Crippen molar-refractivity contribution < 1.29 is 13.7 Å². The molecule has 0 spiro atoms. The summed E-state index contributed by atoms with van der Waals surface area (Å²) < 4.78 is 16.3. The van der Waals surface area contributed by atoms with Crippen molar-refractivity contribution >= 4 is 28.4 Å². The van der Waals surface area contributed by atoms with Crippen molar-refractivity contribution in [2.45, 2.75) is 12.7 Å². The highest BCUT2D eigenvalue weighted by Crippen LogP contribution is 2.16. The van der Waals surface area contributed by atoms with Gasteiger partial charge in [0, 0.05) is 15.8 Å². The molecule has 3 nitrogen and oxygen atoms in total. The van der Waals surface area contributed by atoms with Crippen LogP contribution < -0.4 is 0 Å². The van der Waals surface area contributed by atoms with Crippen LogP contribution >= 0.6 is 11.6 Å². The van der Waals surface area contributed by atoms with Gasteiger partial charge >= 0.3 is 5.97 Å². The van der Waals surface area contributed by atoms with Crippen LogP contribution in [0.25, 0.3) is 0 Å². The summed E-state index contributed by atoms with van der Waals surface area (Å²) in [6.07, 6.45) is 0. The third-order valence-corrected chi connectivity index (χ3v) is 3.42. The van der Waals surface area contributed by atoms with E-state index in [9.17, 15) is 9.00 Å². The Morgan fingerprint density at radius 2 is 2.12 bits per heavy atom. The van der Waals surface area contributed by atoms with Crippen LogP contribution in [0.3, 0.4) is 0 Å². The first-order valence-corrected chi connectivity index (χ1v) is 6.74. The molecule has 0 bridgehead atoms. The summed E-state index contributed by atoms with van der Waals surface area (Å²) in [6.45, 7) is 2.02. The van der Waals surface area contributed by atoms with E-state index in [4.69, 9.17) is 16.3 Å². The van der Waals surface area contributed by atoms with E-state index in [0.717, 1.165) is 5.56 Å². The Balaban J connectivity index is 2.52. The molecule has 1 aromatic rings. The minimum atomic E-state index is -1.27. The molecule has 1 aromatic carbocycles. The zero-order valence-electron chi connectivity index (χ0n) is 8.94. The van der Waals surface area contributed by atoms with E-state index in [1.807, 2.05) is 6.07 Å². The molecule has 1 unspecified atom stereocenters. The van der Waals surface area contributed by atoms with Crippen molar-refractivity contribution in [2.75, 3.05) is 12.4 Å². The molecule has 0 N–H and O–H groups in total. The van der Waals surface area contributed by atoms with Crippen molar-refractivity contribution in [1.29, 1.82) is 0 Å². The van der Waals surface area contributed by atoms with Gasteiger partial charge in [-0.1, -0.05) is 29.8 Å². The van der Waals surface area contributed by atoms with Gasteiger partial charge in [0.05, 0.1) is 12.4 Å². The molecule has 1 atom stereocenters. The smallest absolute Gasteiger partial charge is 0.318 e. The van der Waals surface area contributed by atoms with Crippen molar-refractivity contribution in [3.63, 3.8) is 0 Å². The molecule has 0 aliphatic heterocycles. The van der Waals surface area contributed by atoms with Crippen LogP contribution in [0.15, 0.2) is 24.3 Å². The summed E-state index contributed by atoms with van der Waals surface area (Å²) >= 11 is 5.92. The van der Waals surface area contributed by atoms with Gasteiger partial charge in [0.1, 0.15) is 5.75 Å². The van der Waals surface area contributed by atoms with Crippen LogP contribution in [-0.2, 0) is 26.1 Å². The molecule has 0 aliphatic carbocycles. The van der Waals surface area contributed by atoms with E-state index in [1.54, 1.807) is 25.1 Å². The lowest BCUT2D eigenvalue weighted by atomic mass is 10.2. The average Bonchev–Trinajstić information content (AvgIpc) is 2.21. The number of hydrogen-bond donors (Lipinski definition) is 0. The molecule has 0 aromatic heterocycles. The molecular formula is C11H13ClO3S. The highest BCUT2D eigenvalue weighted by atomic mass is 35.5. The summed E-state index contributed by atoms with van der Waals surface area (Å²) in [7, 11) is -1.27. The zero-order valence-corrected chi connectivity index (χ0v) is 10.5. The van der Waals surface area contributed by atoms with E-state index in [1.165, 1.54) is 0 Å². The van der Waals surface area contributed by atoms with Crippen LogP contribution in [0.1, 0.15) is 12.5 Å². The Hall–Kier alpha value is -0.870. The number of esters is 1. The van der Waals surface area contributed by atoms with E-state index in [-0.39, 0.29) is 11.5 Å². The number of carbonyl (C=O) groups excluding carboxylic acids is 1. The summed E-state index contributed by atoms with van der Waals surface area (Å²) in [5.74, 6) is -0.245. The molecule has 1 rings (SSSR count). The minimum Gasteiger partial charge on any atom is -0.465 e. The lowest BCUT2D eigenvalue weighted by Crippen LogP contribution is -2.15. The number of rotatable bonds is 5. The number of carbonyl (C=O) groups is 1. The molecule has 88 valence electrons. The maximum Gasteiger partial charge on any atom is 0.318 e. The number of hydrogen-bond acceptors (Lipinski definition) is 3. The van der Waals surface area contributed by atoms with E-state index >= 15 is 0 Å². The summed E-state index contributed by atoms with van der Waals surface area (Å²) in [5, 5.41) is 0.569. The molecule has 0 saturated heterocycles. The Morgan fingerprint density at radius 1 is 1.44 bits per heavy atom. The van der Waals surface area contributed by atoms with E-state index in [0.29, 0.717) is 11.6 Å². The second-order valence-electron chi connectivity index (χ2n) is 3.12. The average molecular weight is 261 g/mol. The minimum absolute atomic E-state index is 0.0843. The topological polar surface area (TPSA) is 43.4 Å². The number of benzene rings is 1. The lowest BCUT2D eigenvalue weighted by molar-refractivity contribution is -0.139. The summed E-state index contributed by atoms with van der Waals surface area (Å²) in [4.78, 5) is 11.1. The van der Waals surface area contributed by atoms with Crippen molar-refractivity contribution in [1.82, 2.24) is 0 Å². The Morgan fingerprint density at radius 3 is 2.75 bits per heavy atom. The predicted octanol–water partition coefficient (Wildman–Crippen LogP) is 2.15. The molecule has 0 fully saturated rings. The maximum atomic E-state index is 11.6. The Labute approximate surface area is 102 Å². The molecule has 0 saturated carbocycles. The second kappa shape index (κ2) is 6.66. The number of halogens is 1. The lowest BCUT2D eigenvalue weighted by Gasteiger charge is -2.04. The van der Waals surface area contributed by atoms with E-state index < -0.39 is 16.8 Å². The van der Waals surface area contributed by atoms with Gasteiger partial charge in [-0.2, -0.15) is 0 Å². The third-order valence-electron chi connectivity index (χ3n) is 1.86. The Bertz CT molecular complexity index is 393. The molecule has 0 aliphatic rings. The fraction of sp³-hybridized carbons (Fsp3) is 0.364. The number of ether oxygens (including phenoxy) is 1. The van der Waals surface area contributed by atoms with Gasteiger partial charge < -0.3 is 4.74 Å². The van der Waals surface area contributed by atoms with Gasteiger partial charge in [0.15, 0.2) is 0 Å². The normalized spacial score (nSPS) is 12.1. The molecule has 0 heterocycles. The Kier molecular flexibility index (Phi) is 5.49.